The second kappa shape index (κ2) is 5.83. The Labute approximate surface area is 124 Å². The van der Waals surface area contributed by atoms with Crippen LogP contribution in [0.3, 0.4) is 0 Å². The summed E-state index contributed by atoms with van der Waals surface area (Å²) >= 11 is 1.14. The van der Waals surface area contributed by atoms with Crippen molar-refractivity contribution in [2.45, 2.75) is 39.5 Å². The number of primary sulfonamides is 1. The van der Waals surface area contributed by atoms with E-state index in [9.17, 15) is 13.2 Å². The Morgan fingerprint density at radius 1 is 1.45 bits per heavy atom. The molecule has 1 aromatic rings. The Kier molecular flexibility index (Phi) is 4.99. The summed E-state index contributed by atoms with van der Waals surface area (Å²) in [6, 6.07) is 1.34. The summed E-state index contributed by atoms with van der Waals surface area (Å²) in [4.78, 5) is 13.0. The molecule has 1 heterocycles. The van der Waals surface area contributed by atoms with Crippen LogP contribution in [-0.2, 0) is 10.0 Å². The number of carbonyl (C=O) groups excluding carboxylic acids is 1. The van der Waals surface area contributed by atoms with Gasteiger partial charge < -0.3 is 5.32 Å². The zero-order chi connectivity index (χ0) is 15.7. The fourth-order valence-corrected chi connectivity index (χ4v) is 3.52. The van der Waals surface area contributed by atoms with Crippen molar-refractivity contribution < 1.29 is 13.2 Å². The SMILES string of the molecule is Cc1sc(C(=O)NCC(C)(C)C(C)C)cc1S(N)(=O)=O. The van der Waals surface area contributed by atoms with E-state index in [1.807, 2.05) is 0 Å². The summed E-state index contributed by atoms with van der Waals surface area (Å²) in [5.74, 6) is 0.162. The third-order valence-electron chi connectivity index (χ3n) is 3.67. The Morgan fingerprint density at radius 2 is 2.00 bits per heavy atom. The van der Waals surface area contributed by atoms with Crippen molar-refractivity contribution in [2.24, 2.45) is 16.5 Å². The van der Waals surface area contributed by atoms with Gasteiger partial charge in [-0.25, -0.2) is 13.6 Å². The number of hydrogen-bond acceptors (Lipinski definition) is 4. The number of carbonyl (C=O) groups is 1. The molecule has 7 heteroatoms. The number of thiophene rings is 1. The maximum absolute atomic E-state index is 12.1. The van der Waals surface area contributed by atoms with Gasteiger partial charge in [0.25, 0.3) is 5.91 Å². The van der Waals surface area contributed by atoms with Crippen molar-refractivity contribution in [2.75, 3.05) is 6.54 Å². The summed E-state index contributed by atoms with van der Waals surface area (Å²) in [5.41, 5.74) is -0.0231. The number of nitrogens with one attached hydrogen (secondary N) is 1. The smallest absolute Gasteiger partial charge is 0.261 e. The first-order chi connectivity index (χ1) is 8.95. The van der Waals surface area contributed by atoms with Crippen LogP contribution in [0.5, 0.6) is 0 Å². The highest BCUT2D eigenvalue weighted by Crippen LogP contribution is 2.27. The highest BCUT2D eigenvalue weighted by atomic mass is 32.2. The van der Waals surface area contributed by atoms with Crippen molar-refractivity contribution in [3.05, 3.63) is 15.8 Å². The lowest BCUT2D eigenvalue weighted by Gasteiger charge is -2.29. The largest absolute Gasteiger partial charge is 0.351 e. The average molecular weight is 318 g/mol. The lowest BCUT2D eigenvalue weighted by molar-refractivity contribution is 0.0929. The molecule has 0 radical (unpaired) electrons. The molecule has 0 aromatic carbocycles. The second-order valence-corrected chi connectivity index (χ2v) is 8.69. The monoisotopic (exact) mass is 318 g/mol. The van der Waals surface area contributed by atoms with Gasteiger partial charge in [0, 0.05) is 11.4 Å². The highest BCUT2D eigenvalue weighted by molar-refractivity contribution is 7.89. The second-order valence-electron chi connectivity index (χ2n) is 5.90. The fraction of sp³-hybridized carbons (Fsp3) is 0.615. The molecule has 0 spiro atoms. The molecule has 20 heavy (non-hydrogen) atoms. The van der Waals surface area contributed by atoms with Gasteiger partial charge in [0.1, 0.15) is 0 Å². The Morgan fingerprint density at radius 3 is 2.40 bits per heavy atom. The minimum absolute atomic E-state index is 0.0231. The topological polar surface area (TPSA) is 89.3 Å². The van der Waals surface area contributed by atoms with Crippen LogP contribution < -0.4 is 10.5 Å². The van der Waals surface area contributed by atoms with E-state index >= 15 is 0 Å². The van der Waals surface area contributed by atoms with Crippen LogP contribution >= 0.6 is 11.3 Å². The molecule has 0 saturated carbocycles. The van der Waals surface area contributed by atoms with Crippen molar-refractivity contribution in [3.63, 3.8) is 0 Å². The van der Waals surface area contributed by atoms with E-state index in [2.05, 4.69) is 33.0 Å². The lowest BCUT2D eigenvalue weighted by Crippen LogP contribution is -2.36. The van der Waals surface area contributed by atoms with Crippen molar-refractivity contribution >= 4 is 27.3 Å². The minimum atomic E-state index is -3.77. The van der Waals surface area contributed by atoms with Crippen LogP contribution in [0.15, 0.2) is 11.0 Å². The molecule has 1 aromatic heterocycles. The predicted octanol–water partition coefficient (Wildman–Crippen LogP) is 2.12. The zero-order valence-electron chi connectivity index (χ0n) is 12.5. The number of nitrogens with two attached hydrogens (primary N) is 1. The van der Waals surface area contributed by atoms with E-state index in [4.69, 9.17) is 5.14 Å². The maximum Gasteiger partial charge on any atom is 0.261 e. The highest BCUT2D eigenvalue weighted by Gasteiger charge is 2.24. The average Bonchev–Trinajstić information content (AvgIpc) is 2.68. The van der Waals surface area contributed by atoms with Crippen LogP contribution in [0.2, 0.25) is 0 Å². The number of aryl methyl sites for hydroxylation is 1. The maximum atomic E-state index is 12.1. The van der Waals surface area contributed by atoms with Crippen LogP contribution in [0.4, 0.5) is 0 Å². The van der Waals surface area contributed by atoms with E-state index < -0.39 is 10.0 Å². The standard InChI is InChI=1S/C13H22N2O3S2/c1-8(2)13(4,5)7-15-12(16)10-6-11(9(3)19-10)20(14,17)18/h6,8H,7H2,1-5H3,(H,15,16)(H2,14,17,18). The summed E-state index contributed by atoms with van der Waals surface area (Å²) in [5, 5.41) is 7.95. The van der Waals surface area contributed by atoms with E-state index in [1.165, 1.54) is 6.07 Å². The van der Waals surface area contributed by atoms with Gasteiger partial charge in [-0.15, -0.1) is 11.3 Å². The molecular formula is C13H22N2O3S2. The first kappa shape index (κ1) is 17.1. The molecule has 0 fully saturated rings. The van der Waals surface area contributed by atoms with Crippen LogP contribution in [0.1, 0.15) is 42.2 Å². The van der Waals surface area contributed by atoms with Crippen LogP contribution in [0.25, 0.3) is 0 Å². The number of hydrogen-bond donors (Lipinski definition) is 2. The Hall–Kier alpha value is -0.920. The molecule has 0 aliphatic carbocycles. The van der Waals surface area contributed by atoms with Gasteiger partial charge in [0.2, 0.25) is 10.0 Å². The van der Waals surface area contributed by atoms with Gasteiger partial charge in [0.15, 0.2) is 0 Å². The minimum Gasteiger partial charge on any atom is -0.351 e. The Balaban J connectivity index is 2.85. The van der Waals surface area contributed by atoms with Gasteiger partial charge >= 0.3 is 0 Å². The zero-order valence-corrected chi connectivity index (χ0v) is 14.1. The van der Waals surface area contributed by atoms with E-state index in [-0.39, 0.29) is 16.2 Å². The van der Waals surface area contributed by atoms with Gasteiger partial charge in [-0.3, -0.25) is 4.79 Å². The molecule has 114 valence electrons. The molecule has 0 aliphatic rings. The first-order valence-corrected chi connectivity index (χ1v) is 8.73. The third kappa shape index (κ3) is 4.04. The van der Waals surface area contributed by atoms with Crippen LogP contribution in [-0.4, -0.2) is 20.9 Å². The normalized spacial score (nSPS) is 12.8. The third-order valence-corrected chi connectivity index (χ3v) is 5.89. The molecule has 0 aliphatic heterocycles. The summed E-state index contributed by atoms with van der Waals surface area (Å²) < 4.78 is 22.7. The van der Waals surface area contributed by atoms with Gasteiger partial charge in [0.05, 0.1) is 9.77 Å². The van der Waals surface area contributed by atoms with Crippen molar-refractivity contribution in [1.82, 2.24) is 5.32 Å². The van der Waals surface area contributed by atoms with Gasteiger partial charge in [-0.2, -0.15) is 0 Å². The summed E-state index contributed by atoms with van der Waals surface area (Å²) in [6.45, 7) is 10.5. The predicted molar refractivity (Wildman–Crippen MR) is 81.4 cm³/mol. The van der Waals surface area contributed by atoms with Gasteiger partial charge in [-0.1, -0.05) is 27.7 Å². The molecule has 5 nitrogen and oxygen atoms in total. The number of amides is 1. The van der Waals surface area contributed by atoms with E-state index in [1.54, 1.807) is 6.92 Å². The van der Waals surface area contributed by atoms with Crippen molar-refractivity contribution in [3.8, 4) is 0 Å². The Bertz CT molecular complexity index is 601. The quantitative estimate of drug-likeness (QED) is 0.871. The summed E-state index contributed by atoms with van der Waals surface area (Å²) in [6.07, 6.45) is 0. The van der Waals surface area contributed by atoms with Crippen LogP contribution in [0, 0.1) is 18.3 Å². The molecule has 0 unspecified atom stereocenters. The number of rotatable bonds is 5. The van der Waals surface area contributed by atoms with E-state index in [0.717, 1.165) is 11.3 Å². The molecule has 1 amide bonds. The van der Waals surface area contributed by atoms with Crippen molar-refractivity contribution in [1.29, 1.82) is 0 Å². The van der Waals surface area contributed by atoms with E-state index in [0.29, 0.717) is 22.2 Å². The summed E-state index contributed by atoms with van der Waals surface area (Å²) in [7, 11) is -3.77. The molecule has 1 rings (SSSR count). The first-order valence-electron chi connectivity index (χ1n) is 6.36. The molecule has 0 bridgehead atoms. The number of sulfonamides is 1. The fourth-order valence-electron chi connectivity index (χ4n) is 1.46. The van der Waals surface area contributed by atoms with Gasteiger partial charge in [-0.05, 0) is 24.3 Å². The molecule has 0 saturated heterocycles. The molecule has 3 N–H and O–H groups in total. The molecular weight excluding hydrogens is 296 g/mol. The molecule has 0 atom stereocenters. The lowest BCUT2D eigenvalue weighted by atomic mass is 9.81.